The molecule has 2 unspecified atom stereocenters. The van der Waals surface area contributed by atoms with Gasteiger partial charge in [0.2, 0.25) is 0 Å². The molecule has 0 radical (unpaired) electrons. The van der Waals surface area contributed by atoms with Gasteiger partial charge in [0.25, 0.3) is 0 Å². The molecule has 0 heterocycles. The van der Waals surface area contributed by atoms with E-state index in [1.807, 2.05) is 77.1 Å². The Morgan fingerprint density at radius 1 is 1.05 bits per heavy atom. The number of carbonyl (C=O) groups is 2. The SMILES string of the molecule is COC(=O)Cc1ccc(NCC(C)N(CC(O[Si](C)(C)C(C)(C)C)c2cccc(Cl)c2)C(=O)OC(C)(C)C)cc1C. The summed E-state index contributed by atoms with van der Waals surface area (Å²) in [7, 11) is -0.831. The maximum absolute atomic E-state index is 13.6. The van der Waals surface area contributed by atoms with Gasteiger partial charge in [0, 0.05) is 23.3 Å². The smallest absolute Gasteiger partial charge is 0.410 e. The van der Waals surface area contributed by atoms with Gasteiger partial charge >= 0.3 is 12.1 Å². The summed E-state index contributed by atoms with van der Waals surface area (Å²) in [5.41, 5.74) is 3.07. The molecule has 0 fully saturated rings. The molecule has 0 aromatic heterocycles. The maximum Gasteiger partial charge on any atom is 0.410 e. The number of rotatable bonds is 11. The average molecular weight is 605 g/mol. The van der Waals surface area contributed by atoms with Crippen LogP contribution in [0.2, 0.25) is 23.2 Å². The Bertz CT molecular complexity index is 1190. The first-order chi connectivity index (χ1) is 18.8. The van der Waals surface area contributed by atoms with Crippen LogP contribution in [0, 0.1) is 6.92 Å². The predicted molar refractivity (Wildman–Crippen MR) is 170 cm³/mol. The summed E-state index contributed by atoms with van der Waals surface area (Å²) < 4.78 is 17.6. The summed E-state index contributed by atoms with van der Waals surface area (Å²) >= 11 is 6.39. The van der Waals surface area contributed by atoms with Crippen molar-refractivity contribution in [3.8, 4) is 0 Å². The third kappa shape index (κ3) is 10.7. The highest BCUT2D eigenvalue weighted by Crippen LogP contribution is 2.40. The number of anilines is 1. The van der Waals surface area contributed by atoms with Gasteiger partial charge in [-0.2, -0.15) is 0 Å². The Morgan fingerprint density at radius 3 is 2.24 bits per heavy atom. The lowest BCUT2D eigenvalue weighted by atomic mass is 10.0. The number of nitrogens with one attached hydrogen (secondary N) is 1. The fourth-order valence-corrected chi connectivity index (χ4v) is 5.47. The second-order valence-electron chi connectivity index (χ2n) is 13.2. The number of benzene rings is 2. The number of hydrogen-bond acceptors (Lipinski definition) is 6. The van der Waals surface area contributed by atoms with E-state index >= 15 is 0 Å². The average Bonchev–Trinajstić information content (AvgIpc) is 2.84. The minimum Gasteiger partial charge on any atom is -0.469 e. The number of nitrogens with zero attached hydrogens (tertiary/aromatic N) is 1. The van der Waals surface area contributed by atoms with E-state index in [4.69, 9.17) is 25.5 Å². The zero-order valence-corrected chi connectivity index (χ0v) is 28.4. The summed E-state index contributed by atoms with van der Waals surface area (Å²) in [6.07, 6.45) is -0.559. The first kappa shape index (κ1) is 34.6. The monoisotopic (exact) mass is 604 g/mol. The Kier molecular flexibility index (Phi) is 11.9. The minimum absolute atomic E-state index is 0.0222. The van der Waals surface area contributed by atoms with Gasteiger partial charge in [-0.3, -0.25) is 4.79 Å². The third-order valence-corrected chi connectivity index (χ3v) is 12.2. The summed E-state index contributed by atoms with van der Waals surface area (Å²) in [5.74, 6) is -0.274. The molecule has 0 spiro atoms. The van der Waals surface area contributed by atoms with Crippen LogP contribution >= 0.6 is 11.6 Å². The van der Waals surface area contributed by atoms with E-state index in [2.05, 4.69) is 39.2 Å². The van der Waals surface area contributed by atoms with Crippen molar-refractivity contribution >= 4 is 37.7 Å². The van der Waals surface area contributed by atoms with Crippen molar-refractivity contribution in [2.75, 3.05) is 25.5 Å². The van der Waals surface area contributed by atoms with Crippen molar-refractivity contribution in [3.63, 3.8) is 0 Å². The van der Waals surface area contributed by atoms with E-state index in [0.29, 0.717) is 18.1 Å². The fraction of sp³-hybridized carbons (Fsp3) is 0.562. The van der Waals surface area contributed by atoms with Crippen molar-refractivity contribution in [2.24, 2.45) is 0 Å². The lowest BCUT2D eigenvalue weighted by Gasteiger charge is -2.41. The highest BCUT2D eigenvalue weighted by Gasteiger charge is 2.41. The van der Waals surface area contributed by atoms with E-state index in [9.17, 15) is 9.59 Å². The van der Waals surface area contributed by atoms with E-state index < -0.39 is 20.0 Å². The minimum atomic E-state index is -2.22. The molecule has 0 bridgehead atoms. The molecule has 2 aromatic rings. The number of esters is 1. The number of halogens is 1. The van der Waals surface area contributed by atoms with E-state index in [0.717, 1.165) is 22.4 Å². The molecule has 0 saturated carbocycles. The van der Waals surface area contributed by atoms with Crippen LogP contribution in [0.4, 0.5) is 10.5 Å². The fourth-order valence-electron chi connectivity index (χ4n) is 3.99. The summed E-state index contributed by atoms with van der Waals surface area (Å²) in [6, 6.07) is 13.3. The molecule has 0 aliphatic rings. The maximum atomic E-state index is 13.6. The highest BCUT2D eigenvalue weighted by atomic mass is 35.5. The summed E-state index contributed by atoms with van der Waals surface area (Å²) in [4.78, 5) is 27.1. The van der Waals surface area contributed by atoms with Crippen molar-refractivity contribution < 1.29 is 23.5 Å². The molecule has 7 nitrogen and oxygen atoms in total. The van der Waals surface area contributed by atoms with Crippen molar-refractivity contribution in [3.05, 3.63) is 64.2 Å². The van der Waals surface area contributed by atoms with Gasteiger partial charge < -0.3 is 24.1 Å². The molecule has 2 aromatic carbocycles. The van der Waals surface area contributed by atoms with Crippen LogP contribution in [0.1, 0.15) is 71.3 Å². The lowest BCUT2D eigenvalue weighted by Crippen LogP contribution is -2.49. The number of amides is 1. The number of carbonyl (C=O) groups excluding carboxylic acids is 2. The Balaban J connectivity index is 2.36. The van der Waals surface area contributed by atoms with Crippen molar-refractivity contribution in [1.82, 2.24) is 4.90 Å². The number of methoxy groups -OCH3 is 1. The van der Waals surface area contributed by atoms with Crippen LogP contribution in [0.3, 0.4) is 0 Å². The van der Waals surface area contributed by atoms with Crippen LogP contribution in [0.15, 0.2) is 42.5 Å². The molecular weight excluding hydrogens is 556 g/mol. The van der Waals surface area contributed by atoms with E-state index in [1.165, 1.54) is 7.11 Å². The molecule has 9 heteroatoms. The molecule has 0 aliphatic heterocycles. The normalized spacial score (nSPS) is 13.8. The van der Waals surface area contributed by atoms with Crippen LogP contribution in [0.5, 0.6) is 0 Å². The van der Waals surface area contributed by atoms with Crippen LogP contribution in [0.25, 0.3) is 0 Å². The molecule has 1 amide bonds. The quantitative estimate of drug-likeness (QED) is 0.206. The Hall–Kier alpha value is -2.55. The first-order valence-electron chi connectivity index (χ1n) is 14.2. The topological polar surface area (TPSA) is 77.1 Å². The first-order valence-corrected chi connectivity index (χ1v) is 17.4. The standard InChI is InChI=1S/C32H49ClN2O5Si/c1-22-17-27(16-15-24(22)19-29(36)38-9)34-20-23(2)35(30(37)39-31(3,4)5)21-28(25-13-12-14-26(33)18-25)40-41(10,11)32(6,7)8/h12-18,23,28,34H,19-21H2,1-11H3. The van der Waals surface area contributed by atoms with Gasteiger partial charge in [0.15, 0.2) is 8.32 Å². The zero-order chi connectivity index (χ0) is 31.2. The van der Waals surface area contributed by atoms with Gasteiger partial charge in [0.1, 0.15) is 5.60 Å². The number of ether oxygens (including phenoxy) is 2. The molecule has 2 rings (SSSR count). The molecular formula is C32H49ClN2O5Si. The second-order valence-corrected chi connectivity index (χ2v) is 18.4. The van der Waals surface area contributed by atoms with Crippen LogP contribution in [-0.4, -0.2) is 57.1 Å². The van der Waals surface area contributed by atoms with Gasteiger partial charge in [-0.05, 0) is 93.7 Å². The van der Waals surface area contributed by atoms with Gasteiger partial charge in [-0.1, -0.05) is 50.6 Å². The molecule has 228 valence electrons. The van der Waals surface area contributed by atoms with Crippen molar-refractivity contribution in [1.29, 1.82) is 0 Å². The van der Waals surface area contributed by atoms with E-state index in [-0.39, 0.29) is 29.6 Å². The van der Waals surface area contributed by atoms with Gasteiger partial charge in [0.05, 0.1) is 26.2 Å². The summed E-state index contributed by atoms with van der Waals surface area (Å²) in [6.45, 7) is 21.4. The van der Waals surface area contributed by atoms with Crippen LogP contribution in [-0.2, 0) is 25.1 Å². The molecule has 41 heavy (non-hydrogen) atoms. The van der Waals surface area contributed by atoms with Gasteiger partial charge in [-0.25, -0.2) is 4.79 Å². The molecule has 2 atom stereocenters. The van der Waals surface area contributed by atoms with E-state index in [1.54, 1.807) is 4.90 Å². The molecule has 0 aliphatic carbocycles. The second kappa shape index (κ2) is 14.1. The third-order valence-electron chi connectivity index (χ3n) is 7.49. The lowest BCUT2D eigenvalue weighted by molar-refractivity contribution is -0.139. The highest BCUT2D eigenvalue weighted by molar-refractivity contribution is 6.74. The van der Waals surface area contributed by atoms with Crippen molar-refractivity contribution in [2.45, 2.75) is 97.7 Å². The van der Waals surface area contributed by atoms with Crippen LogP contribution < -0.4 is 5.32 Å². The van der Waals surface area contributed by atoms with Gasteiger partial charge in [-0.15, -0.1) is 0 Å². The predicted octanol–water partition coefficient (Wildman–Crippen LogP) is 8.16. The summed E-state index contributed by atoms with van der Waals surface area (Å²) in [5, 5.41) is 4.05. The zero-order valence-electron chi connectivity index (χ0n) is 26.7. The Morgan fingerprint density at radius 2 is 1.71 bits per heavy atom. The largest absolute Gasteiger partial charge is 0.469 e. The number of aryl methyl sites for hydroxylation is 1. The molecule has 0 saturated heterocycles. The number of hydrogen-bond donors (Lipinski definition) is 1. The molecule has 1 N–H and O–H groups in total. The Labute approximate surface area is 253 Å².